The highest BCUT2D eigenvalue weighted by Gasteiger charge is 2.10. The molecular weight excluding hydrogens is 250 g/mol. The molecule has 1 amide bonds. The fraction of sp³-hybridized carbons (Fsp3) is 0.188. The van der Waals surface area contributed by atoms with E-state index in [-0.39, 0.29) is 0 Å². The Balaban J connectivity index is 2.35. The second-order valence-electron chi connectivity index (χ2n) is 4.66. The number of nitrogen functional groups attached to an aromatic ring is 1. The van der Waals surface area contributed by atoms with E-state index in [0.717, 1.165) is 18.5 Å². The first kappa shape index (κ1) is 13.9. The van der Waals surface area contributed by atoms with E-state index in [1.807, 2.05) is 24.3 Å². The van der Waals surface area contributed by atoms with Crippen molar-refractivity contribution in [1.29, 1.82) is 0 Å². The SMILES string of the molecule is CCCc1ccccc1Nc1cccc(C(N)=O)c1N. The van der Waals surface area contributed by atoms with E-state index >= 15 is 0 Å². The topological polar surface area (TPSA) is 81.1 Å². The van der Waals surface area contributed by atoms with Crippen molar-refractivity contribution in [3.63, 3.8) is 0 Å². The van der Waals surface area contributed by atoms with E-state index in [0.29, 0.717) is 16.9 Å². The molecule has 0 unspecified atom stereocenters. The number of hydrogen-bond donors (Lipinski definition) is 3. The number of hydrogen-bond acceptors (Lipinski definition) is 3. The van der Waals surface area contributed by atoms with Gasteiger partial charge in [0.25, 0.3) is 5.91 Å². The fourth-order valence-electron chi connectivity index (χ4n) is 2.16. The van der Waals surface area contributed by atoms with Gasteiger partial charge in [0, 0.05) is 5.69 Å². The highest BCUT2D eigenvalue weighted by molar-refractivity contribution is 6.01. The number of nitrogens with two attached hydrogens (primary N) is 2. The van der Waals surface area contributed by atoms with Gasteiger partial charge < -0.3 is 16.8 Å². The van der Waals surface area contributed by atoms with Crippen molar-refractivity contribution in [3.8, 4) is 0 Å². The normalized spacial score (nSPS) is 10.2. The van der Waals surface area contributed by atoms with Crippen LogP contribution in [0.15, 0.2) is 42.5 Å². The molecule has 0 fully saturated rings. The number of aryl methyl sites for hydroxylation is 1. The predicted octanol–water partition coefficient (Wildman–Crippen LogP) is 3.06. The molecule has 0 aliphatic heterocycles. The van der Waals surface area contributed by atoms with Crippen LogP contribution in [0.1, 0.15) is 29.3 Å². The van der Waals surface area contributed by atoms with Crippen molar-refractivity contribution in [2.75, 3.05) is 11.1 Å². The summed E-state index contributed by atoms with van der Waals surface area (Å²) in [6.07, 6.45) is 2.05. The number of rotatable bonds is 5. The molecule has 104 valence electrons. The Morgan fingerprint density at radius 1 is 1.10 bits per heavy atom. The van der Waals surface area contributed by atoms with Crippen LogP contribution in [0.2, 0.25) is 0 Å². The van der Waals surface area contributed by atoms with Gasteiger partial charge in [-0.15, -0.1) is 0 Å². The smallest absolute Gasteiger partial charge is 0.250 e. The van der Waals surface area contributed by atoms with Gasteiger partial charge in [0.05, 0.1) is 16.9 Å². The summed E-state index contributed by atoms with van der Waals surface area (Å²) in [5.74, 6) is -0.520. The van der Waals surface area contributed by atoms with Gasteiger partial charge >= 0.3 is 0 Å². The van der Waals surface area contributed by atoms with Crippen molar-refractivity contribution in [3.05, 3.63) is 53.6 Å². The van der Waals surface area contributed by atoms with Crippen LogP contribution in [0, 0.1) is 0 Å². The Bertz CT molecular complexity index is 623. The molecule has 4 heteroatoms. The third kappa shape index (κ3) is 2.91. The predicted molar refractivity (Wildman–Crippen MR) is 83.1 cm³/mol. The largest absolute Gasteiger partial charge is 0.396 e. The van der Waals surface area contributed by atoms with Crippen LogP contribution in [0.4, 0.5) is 17.1 Å². The van der Waals surface area contributed by atoms with Crippen LogP contribution in [-0.2, 0) is 6.42 Å². The van der Waals surface area contributed by atoms with Crippen molar-refractivity contribution in [2.24, 2.45) is 5.73 Å². The number of carbonyl (C=O) groups excluding carboxylic acids is 1. The van der Waals surface area contributed by atoms with Gasteiger partial charge in [0.1, 0.15) is 0 Å². The highest BCUT2D eigenvalue weighted by atomic mass is 16.1. The van der Waals surface area contributed by atoms with E-state index < -0.39 is 5.91 Å². The van der Waals surface area contributed by atoms with Gasteiger partial charge in [-0.2, -0.15) is 0 Å². The van der Waals surface area contributed by atoms with E-state index in [1.54, 1.807) is 12.1 Å². The number of anilines is 3. The van der Waals surface area contributed by atoms with Crippen molar-refractivity contribution < 1.29 is 4.79 Å². The summed E-state index contributed by atoms with van der Waals surface area (Å²) in [5, 5.41) is 3.29. The molecule has 0 atom stereocenters. The van der Waals surface area contributed by atoms with Crippen LogP contribution in [0.3, 0.4) is 0 Å². The molecule has 0 saturated heterocycles. The Hall–Kier alpha value is -2.49. The summed E-state index contributed by atoms with van der Waals surface area (Å²) in [6, 6.07) is 13.3. The molecular formula is C16H19N3O. The Morgan fingerprint density at radius 3 is 2.50 bits per heavy atom. The van der Waals surface area contributed by atoms with Gasteiger partial charge in [-0.1, -0.05) is 37.6 Å². The quantitative estimate of drug-likeness (QED) is 0.730. The monoisotopic (exact) mass is 269 g/mol. The lowest BCUT2D eigenvalue weighted by atomic mass is 10.1. The van der Waals surface area contributed by atoms with Gasteiger partial charge in [-0.25, -0.2) is 0 Å². The molecule has 0 bridgehead atoms. The van der Waals surface area contributed by atoms with E-state index in [4.69, 9.17) is 11.5 Å². The van der Waals surface area contributed by atoms with Crippen LogP contribution in [0.25, 0.3) is 0 Å². The lowest BCUT2D eigenvalue weighted by molar-refractivity contribution is 0.100. The summed E-state index contributed by atoms with van der Waals surface area (Å²) >= 11 is 0. The van der Waals surface area contributed by atoms with Crippen LogP contribution >= 0.6 is 0 Å². The molecule has 5 N–H and O–H groups in total. The molecule has 0 heterocycles. The van der Waals surface area contributed by atoms with Crippen molar-refractivity contribution in [1.82, 2.24) is 0 Å². The third-order valence-electron chi connectivity index (χ3n) is 3.18. The third-order valence-corrected chi connectivity index (χ3v) is 3.18. The standard InChI is InChI=1S/C16H19N3O/c1-2-6-11-7-3-4-9-13(11)19-14-10-5-8-12(15(14)17)16(18)20/h3-5,7-10,19H,2,6,17H2,1H3,(H2,18,20). The number of carbonyl (C=O) groups is 1. The number of para-hydroxylation sites is 2. The van der Waals surface area contributed by atoms with E-state index in [1.165, 1.54) is 5.56 Å². The summed E-state index contributed by atoms with van der Waals surface area (Å²) < 4.78 is 0. The maximum absolute atomic E-state index is 11.3. The highest BCUT2D eigenvalue weighted by Crippen LogP contribution is 2.28. The molecule has 0 saturated carbocycles. The molecule has 0 aliphatic rings. The first-order chi connectivity index (χ1) is 9.63. The number of amides is 1. The molecule has 0 spiro atoms. The molecule has 2 aromatic carbocycles. The zero-order chi connectivity index (χ0) is 14.5. The minimum atomic E-state index is -0.520. The second kappa shape index (κ2) is 6.10. The van der Waals surface area contributed by atoms with Crippen LogP contribution in [0.5, 0.6) is 0 Å². The average Bonchev–Trinajstić information content (AvgIpc) is 2.43. The molecule has 4 nitrogen and oxygen atoms in total. The van der Waals surface area contributed by atoms with E-state index in [9.17, 15) is 4.79 Å². The molecule has 2 aromatic rings. The summed E-state index contributed by atoms with van der Waals surface area (Å²) in [5.41, 5.74) is 14.9. The summed E-state index contributed by atoms with van der Waals surface area (Å²) in [6.45, 7) is 2.14. The maximum Gasteiger partial charge on any atom is 0.250 e. The Kier molecular flexibility index (Phi) is 4.25. The van der Waals surface area contributed by atoms with Gasteiger partial charge in [-0.3, -0.25) is 4.79 Å². The molecule has 20 heavy (non-hydrogen) atoms. The van der Waals surface area contributed by atoms with Gasteiger partial charge in [0.15, 0.2) is 0 Å². The number of nitrogens with one attached hydrogen (secondary N) is 1. The van der Waals surface area contributed by atoms with Crippen molar-refractivity contribution in [2.45, 2.75) is 19.8 Å². The van der Waals surface area contributed by atoms with Gasteiger partial charge in [-0.05, 0) is 30.2 Å². The minimum absolute atomic E-state index is 0.336. The first-order valence-electron chi connectivity index (χ1n) is 6.66. The lowest BCUT2D eigenvalue weighted by Crippen LogP contribution is -2.14. The molecule has 0 aliphatic carbocycles. The summed E-state index contributed by atoms with van der Waals surface area (Å²) in [7, 11) is 0. The Labute approximate surface area is 118 Å². The molecule has 0 aromatic heterocycles. The van der Waals surface area contributed by atoms with Crippen LogP contribution in [-0.4, -0.2) is 5.91 Å². The average molecular weight is 269 g/mol. The molecule has 2 rings (SSSR count). The lowest BCUT2D eigenvalue weighted by Gasteiger charge is -2.14. The van der Waals surface area contributed by atoms with Gasteiger partial charge in [0.2, 0.25) is 0 Å². The summed E-state index contributed by atoms with van der Waals surface area (Å²) in [4.78, 5) is 11.3. The van der Waals surface area contributed by atoms with E-state index in [2.05, 4.69) is 18.3 Å². The Morgan fingerprint density at radius 2 is 1.80 bits per heavy atom. The zero-order valence-electron chi connectivity index (χ0n) is 11.5. The first-order valence-corrected chi connectivity index (χ1v) is 6.66. The second-order valence-corrected chi connectivity index (χ2v) is 4.66. The molecule has 0 radical (unpaired) electrons. The van der Waals surface area contributed by atoms with Crippen molar-refractivity contribution >= 4 is 23.0 Å². The number of primary amides is 1. The number of benzene rings is 2. The zero-order valence-corrected chi connectivity index (χ0v) is 11.5. The van der Waals surface area contributed by atoms with Crippen LogP contribution < -0.4 is 16.8 Å². The fourth-order valence-corrected chi connectivity index (χ4v) is 2.16. The minimum Gasteiger partial charge on any atom is -0.396 e. The maximum atomic E-state index is 11.3.